The smallest absolute Gasteiger partial charge is 0.240 e. The minimum Gasteiger partial charge on any atom is -0.493 e. The molecule has 2 aromatic rings. The van der Waals surface area contributed by atoms with Gasteiger partial charge in [0, 0.05) is 17.1 Å². The molecule has 1 heterocycles. The summed E-state index contributed by atoms with van der Waals surface area (Å²) in [4.78, 5) is 15.7. The van der Waals surface area contributed by atoms with E-state index in [0.29, 0.717) is 11.5 Å². The topological polar surface area (TPSA) is 38.8 Å². The van der Waals surface area contributed by atoms with Crippen LogP contribution in [0.15, 0.2) is 47.4 Å². The Bertz CT molecular complexity index is 747. The van der Waals surface area contributed by atoms with Gasteiger partial charge >= 0.3 is 0 Å². The molecule has 5 heteroatoms. The quantitative estimate of drug-likeness (QED) is 0.775. The van der Waals surface area contributed by atoms with Crippen molar-refractivity contribution < 1.29 is 14.3 Å². The molecule has 0 saturated heterocycles. The number of ether oxygens (including phenoxy) is 2. The summed E-state index contributed by atoms with van der Waals surface area (Å²) in [7, 11) is 3.23. The maximum absolute atomic E-state index is 12.8. The lowest BCUT2D eigenvalue weighted by Crippen LogP contribution is -2.35. The molecule has 4 nitrogen and oxygen atoms in total. The second kappa shape index (κ2) is 7.18. The molecule has 0 unspecified atom stereocenters. The van der Waals surface area contributed by atoms with Crippen molar-refractivity contribution in [3.8, 4) is 11.5 Å². The number of hydrogen-bond donors (Lipinski definition) is 0. The van der Waals surface area contributed by atoms with Gasteiger partial charge < -0.3 is 14.4 Å². The number of carbonyl (C=O) groups excluding carboxylic acids is 1. The van der Waals surface area contributed by atoms with E-state index in [9.17, 15) is 4.79 Å². The Morgan fingerprint density at radius 2 is 1.88 bits per heavy atom. The van der Waals surface area contributed by atoms with Gasteiger partial charge in [0.1, 0.15) is 0 Å². The largest absolute Gasteiger partial charge is 0.493 e. The summed E-state index contributed by atoms with van der Waals surface area (Å²) >= 11 is 1.54. The SMILES string of the molecule is COc1ccc(S[C@@H](C)C(=O)N2CCc3ccccc32)cc1OC. The average molecular weight is 343 g/mol. The average Bonchev–Trinajstić information content (AvgIpc) is 3.04. The lowest BCUT2D eigenvalue weighted by molar-refractivity contribution is -0.117. The number of hydrogen-bond acceptors (Lipinski definition) is 4. The first-order valence-electron chi connectivity index (χ1n) is 7.92. The normalized spacial score (nSPS) is 14.2. The Labute approximate surface area is 146 Å². The molecule has 24 heavy (non-hydrogen) atoms. The summed E-state index contributed by atoms with van der Waals surface area (Å²) in [6, 6.07) is 13.8. The standard InChI is InChI=1S/C19H21NO3S/c1-13(24-15-8-9-17(22-2)18(12-15)23-3)19(21)20-11-10-14-6-4-5-7-16(14)20/h4-9,12-13H,10-11H2,1-3H3/t13-/m0/s1. The van der Waals surface area contributed by atoms with E-state index in [1.54, 1.807) is 14.2 Å². The fraction of sp³-hybridized carbons (Fsp3) is 0.316. The van der Waals surface area contributed by atoms with E-state index in [2.05, 4.69) is 6.07 Å². The number of fused-ring (bicyclic) bond motifs is 1. The van der Waals surface area contributed by atoms with Crippen LogP contribution in [0.4, 0.5) is 5.69 Å². The van der Waals surface area contributed by atoms with Gasteiger partial charge in [0.05, 0.1) is 19.5 Å². The summed E-state index contributed by atoms with van der Waals surface area (Å²) in [5, 5.41) is -0.172. The summed E-state index contributed by atoms with van der Waals surface area (Å²) in [5.74, 6) is 1.50. The van der Waals surface area contributed by atoms with Gasteiger partial charge in [0.2, 0.25) is 5.91 Å². The third kappa shape index (κ3) is 3.22. The number of benzene rings is 2. The minimum absolute atomic E-state index is 0.139. The van der Waals surface area contributed by atoms with Crippen molar-refractivity contribution in [2.75, 3.05) is 25.7 Å². The molecule has 1 aliphatic rings. The van der Waals surface area contributed by atoms with E-state index in [0.717, 1.165) is 23.5 Å². The highest BCUT2D eigenvalue weighted by Gasteiger charge is 2.28. The second-order valence-corrected chi connectivity index (χ2v) is 7.06. The van der Waals surface area contributed by atoms with Crippen LogP contribution in [0.5, 0.6) is 11.5 Å². The number of thioether (sulfide) groups is 1. The van der Waals surface area contributed by atoms with Gasteiger partial charge in [0.25, 0.3) is 0 Å². The summed E-state index contributed by atoms with van der Waals surface area (Å²) in [5.41, 5.74) is 2.29. The van der Waals surface area contributed by atoms with E-state index in [4.69, 9.17) is 9.47 Å². The molecule has 0 radical (unpaired) electrons. The number of rotatable bonds is 5. The van der Waals surface area contributed by atoms with Crippen molar-refractivity contribution >= 4 is 23.4 Å². The first kappa shape index (κ1) is 16.7. The van der Waals surface area contributed by atoms with Gasteiger partial charge in [0.15, 0.2) is 11.5 Å². The molecule has 2 aromatic carbocycles. The Morgan fingerprint density at radius 3 is 2.62 bits per heavy atom. The van der Waals surface area contributed by atoms with Crippen LogP contribution >= 0.6 is 11.8 Å². The Kier molecular flexibility index (Phi) is 5.00. The molecule has 1 amide bonds. The van der Waals surface area contributed by atoms with Gasteiger partial charge in [-0.2, -0.15) is 0 Å². The zero-order chi connectivity index (χ0) is 17.1. The highest BCUT2D eigenvalue weighted by Crippen LogP contribution is 2.35. The number of para-hydroxylation sites is 1. The molecule has 0 aromatic heterocycles. The van der Waals surface area contributed by atoms with Gasteiger partial charge in [-0.3, -0.25) is 4.79 Å². The van der Waals surface area contributed by atoms with Crippen LogP contribution < -0.4 is 14.4 Å². The first-order valence-corrected chi connectivity index (χ1v) is 8.80. The van der Waals surface area contributed by atoms with Crippen molar-refractivity contribution in [3.63, 3.8) is 0 Å². The highest BCUT2D eigenvalue weighted by molar-refractivity contribution is 8.00. The predicted molar refractivity (Wildman–Crippen MR) is 97.4 cm³/mol. The summed E-state index contributed by atoms with van der Waals surface area (Å²) < 4.78 is 10.6. The zero-order valence-corrected chi connectivity index (χ0v) is 14.9. The van der Waals surface area contributed by atoms with E-state index in [1.807, 2.05) is 48.2 Å². The molecule has 0 fully saturated rings. The molecule has 0 N–H and O–H groups in total. The molecular formula is C19H21NO3S. The monoisotopic (exact) mass is 343 g/mol. The van der Waals surface area contributed by atoms with Gasteiger partial charge in [-0.15, -0.1) is 11.8 Å². The third-order valence-electron chi connectivity index (χ3n) is 4.17. The van der Waals surface area contributed by atoms with E-state index < -0.39 is 0 Å². The lowest BCUT2D eigenvalue weighted by Gasteiger charge is -2.21. The maximum atomic E-state index is 12.8. The zero-order valence-electron chi connectivity index (χ0n) is 14.1. The Balaban J connectivity index is 1.73. The van der Waals surface area contributed by atoms with Crippen LogP contribution in [0, 0.1) is 0 Å². The predicted octanol–water partition coefficient (Wildman–Crippen LogP) is 3.77. The fourth-order valence-corrected chi connectivity index (χ4v) is 3.89. The van der Waals surface area contributed by atoms with E-state index >= 15 is 0 Å². The first-order chi connectivity index (χ1) is 11.6. The minimum atomic E-state index is -0.172. The van der Waals surface area contributed by atoms with Crippen molar-refractivity contribution in [2.45, 2.75) is 23.5 Å². The van der Waals surface area contributed by atoms with Crippen LogP contribution in [0.1, 0.15) is 12.5 Å². The molecule has 0 bridgehead atoms. The summed E-state index contributed by atoms with van der Waals surface area (Å²) in [6.45, 7) is 2.71. The number of nitrogens with zero attached hydrogens (tertiary/aromatic N) is 1. The molecular weight excluding hydrogens is 322 g/mol. The Morgan fingerprint density at radius 1 is 1.12 bits per heavy atom. The van der Waals surface area contributed by atoms with E-state index in [1.165, 1.54) is 17.3 Å². The summed E-state index contributed by atoms with van der Waals surface area (Å²) in [6.07, 6.45) is 0.926. The number of amides is 1. The number of anilines is 1. The highest BCUT2D eigenvalue weighted by atomic mass is 32.2. The molecule has 0 spiro atoms. The van der Waals surface area contributed by atoms with Crippen LogP contribution in [0.2, 0.25) is 0 Å². The van der Waals surface area contributed by atoms with Crippen molar-refractivity contribution in [2.24, 2.45) is 0 Å². The molecule has 3 rings (SSSR count). The van der Waals surface area contributed by atoms with E-state index in [-0.39, 0.29) is 11.2 Å². The molecule has 1 aliphatic heterocycles. The molecule has 1 atom stereocenters. The number of methoxy groups -OCH3 is 2. The van der Waals surface area contributed by atoms with Gasteiger partial charge in [-0.1, -0.05) is 18.2 Å². The van der Waals surface area contributed by atoms with Crippen LogP contribution in [0.25, 0.3) is 0 Å². The Hall–Kier alpha value is -2.14. The van der Waals surface area contributed by atoms with Crippen molar-refractivity contribution in [1.82, 2.24) is 0 Å². The van der Waals surface area contributed by atoms with Gasteiger partial charge in [-0.05, 0) is 43.2 Å². The maximum Gasteiger partial charge on any atom is 0.240 e. The molecule has 0 saturated carbocycles. The second-order valence-electron chi connectivity index (χ2n) is 5.65. The molecule has 126 valence electrons. The third-order valence-corrected chi connectivity index (χ3v) is 5.25. The number of carbonyl (C=O) groups is 1. The van der Waals surface area contributed by atoms with Crippen molar-refractivity contribution in [1.29, 1.82) is 0 Å². The van der Waals surface area contributed by atoms with Crippen LogP contribution in [-0.2, 0) is 11.2 Å². The lowest BCUT2D eigenvalue weighted by atomic mass is 10.2. The molecule has 0 aliphatic carbocycles. The van der Waals surface area contributed by atoms with Crippen LogP contribution in [0.3, 0.4) is 0 Å². The van der Waals surface area contributed by atoms with Crippen LogP contribution in [-0.4, -0.2) is 31.9 Å². The van der Waals surface area contributed by atoms with Gasteiger partial charge in [-0.25, -0.2) is 0 Å². The fourth-order valence-electron chi connectivity index (χ4n) is 2.93. The van der Waals surface area contributed by atoms with Crippen molar-refractivity contribution in [3.05, 3.63) is 48.0 Å².